The Morgan fingerprint density at radius 1 is 0.868 bits per heavy atom. The third-order valence-electron chi connectivity index (χ3n) is 5.91. The number of hydrogen-bond acceptors (Lipinski definition) is 5. The first kappa shape index (κ1) is 27.4. The first-order chi connectivity index (χ1) is 18.1. The molecule has 4 rings (SSSR count). The van der Waals surface area contributed by atoms with Crippen LogP contribution in [0.3, 0.4) is 0 Å². The Hall–Kier alpha value is -3.64. The zero-order valence-corrected chi connectivity index (χ0v) is 21.3. The molecule has 0 unspecified atom stereocenters. The minimum Gasteiger partial charge on any atom is -0.496 e. The number of carbonyl (C=O) groups excluding carboxylic acids is 1. The van der Waals surface area contributed by atoms with Crippen molar-refractivity contribution < 1.29 is 31.5 Å². The van der Waals surface area contributed by atoms with Gasteiger partial charge in [-0.2, -0.15) is 0 Å². The van der Waals surface area contributed by atoms with E-state index in [0.29, 0.717) is 16.5 Å². The number of thiocarbonyl (C=S) groups is 1. The molecular formula is C25H20ClF5N4O2S. The van der Waals surface area contributed by atoms with Gasteiger partial charge in [-0.15, -0.1) is 0 Å². The summed E-state index contributed by atoms with van der Waals surface area (Å²) in [6, 6.07) is 11.6. The lowest BCUT2D eigenvalue weighted by Crippen LogP contribution is -2.47. The molecule has 1 fully saturated rings. The first-order valence-corrected chi connectivity index (χ1v) is 12.0. The fraction of sp³-hybridized carbons (Fsp3) is 0.200. The van der Waals surface area contributed by atoms with Crippen LogP contribution in [0.15, 0.2) is 42.5 Å². The Kier molecular flexibility index (Phi) is 8.22. The van der Waals surface area contributed by atoms with Crippen molar-refractivity contribution in [2.45, 2.75) is 0 Å². The van der Waals surface area contributed by atoms with E-state index in [4.69, 9.17) is 28.6 Å². The predicted octanol–water partition coefficient (Wildman–Crippen LogP) is 5.50. The van der Waals surface area contributed by atoms with Crippen molar-refractivity contribution >= 4 is 51.9 Å². The molecule has 6 nitrogen and oxygen atoms in total. The van der Waals surface area contributed by atoms with Crippen LogP contribution in [0.5, 0.6) is 5.75 Å². The van der Waals surface area contributed by atoms with Gasteiger partial charge in [0.25, 0.3) is 5.91 Å². The average molecular weight is 571 g/mol. The molecule has 200 valence electrons. The first-order valence-electron chi connectivity index (χ1n) is 11.2. The van der Waals surface area contributed by atoms with Crippen molar-refractivity contribution in [3.05, 3.63) is 82.1 Å². The summed E-state index contributed by atoms with van der Waals surface area (Å²) >= 11 is 11.2. The number of halogens is 6. The number of methoxy groups -OCH3 is 1. The quantitative estimate of drug-likeness (QED) is 0.183. The Bertz CT molecular complexity index is 1360. The number of ether oxygens (including phenoxy) is 1. The molecule has 13 heteroatoms. The van der Waals surface area contributed by atoms with E-state index in [1.54, 1.807) is 36.4 Å². The van der Waals surface area contributed by atoms with Gasteiger partial charge in [0.15, 0.2) is 28.4 Å². The molecule has 0 spiro atoms. The molecule has 0 bridgehead atoms. The summed E-state index contributed by atoms with van der Waals surface area (Å²) in [7, 11) is 1.43. The van der Waals surface area contributed by atoms with Crippen molar-refractivity contribution in [3.8, 4) is 5.75 Å². The Balaban J connectivity index is 1.36. The highest BCUT2D eigenvalue weighted by molar-refractivity contribution is 7.80. The summed E-state index contributed by atoms with van der Waals surface area (Å²) in [5.41, 5.74) is 0.638. The van der Waals surface area contributed by atoms with Gasteiger partial charge in [0, 0.05) is 42.6 Å². The van der Waals surface area contributed by atoms with E-state index < -0.39 is 40.7 Å². The zero-order chi connectivity index (χ0) is 27.6. The molecule has 0 aliphatic carbocycles. The number of nitrogens with one attached hydrogen (secondary N) is 2. The van der Waals surface area contributed by atoms with E-state index in [1.807, 2.05) is 4.90 Å². The Morgan fingerprint density at radius 2 is 1.42 bits per heavy atom. The number of hydrogen-bond donors (Lipinski definition) is 2. The van der Waals surface area contributed by atoms with Crippen LogP contribution >= 0.6 is 23.8 Å². The van der Waals surface area contributed by atoms with Crippen LogP contribution in [0.4, 0.5) is 39.0 Å². The lowest BCUT2D eigenvalue weighted by atomic mass is 10.2. The molecule has 1 aliphatic rings. The van der Waals surface area contributed by atoms with Crippen LogP contribution < -0.4 is 25.2 Å². The topological polar surface area (TPSA) is 56.8 Å². The van der Waals surface area contributed by atoms with Gasteiger partial charge in [-0.3, -0.25) is 10.1 Å². The highest BCUT2D eigenvalue weighted by Gasteiger charge is 2.30. The van der Waals surface area contributed by atoms with Crippen molar-refractivity contribution in [3.63, 3.8) is 0 Å². The van der Waals surface area contributed by atoms with Gasteiger partial charge in [-0.25, -0.2) is 22.0 Å². The molecule has 38 heavy (non-hydrogen) atoms. The summed E-state index contributed by atoms with van der Waals surface area (Å²) in [5.74, 6) is -9.98. The molecule has 3 aromatic rings. The number of benzene rings is 3. The highest BCUT2D eigenvalue weighted by atomic mass is 35.5. The third-order valence-corrected chi connectivity index (χ3v) is 6.35. The molecular weight excluding hydrogens is 551 g/mol. The van der Waals surface area contributed by atoms with Crippen LogP contribution in [0.2, 0.25) is 5.02 Å². The standard InChI is InChI=1S/C25H20ClF5N4O2S/c1-37-17-7-2-13(26)12-16(17)24(36)33-25(38)32-14-3-5-15(6-4-14)34-8-10-35(11-9-34)23-21(30)19(28)18(27)20(29)22(23)31/h2-7,12H,8-11H2,1H3,(H2,32,33,36,38). The summed E-state index contributed by atoms with van der Waals surface area (Å²) in [4.78, 5) is 15.6. The molecule has 0 atom stereocenters. The van der Waals surface area contributed by atoms with E-state index in [1.165, 1.54) is 13.2 Å². The summed E-state index contributed by atoms with van der Waals surface area (Å²) in [5, 5.41) is 5.85. The van der Waals surface area contributed by atoms with Crippen LogP contribution in [-0.4, -0.2) is 44.3 Å². The minimum atomic E-state index is -2.18. The van der Waals surface area contributed by atoms with Gasteiger partial charge in [0.2, 0.25) is 5.82 Å². The fourth-order valence-electron chi connectivity index (χ4n) is 4.01. The van der Waals surface area contributed by atoms with Gasteiger partial charge < -0.3 is 19.9 Å². The zero-order valence-electron chi connectivity index (χ0n) is 19.8. The highest BCUT2D eigenvalue weighted by Crippen LogP contribution is 2.31. The van der Waals surface area contributed by atoms with E-state index in [9.17, 15) is 26.7 Å². The lowest BCUT2D eigenvalue weighted by molar-refractivity contribution is 0.0974. The maximum Gasteiger partial charge on any atom is 0.261 e. The molecule has 3 aromatic carbocycles. The molecule has 2 N–H and O–H groups in total. The molecule has 0 radical (unpaired) electrons. The molecule has 1 heterocycles. The lowest BCUT2D eigenvalue weighted by Gasteiger charge is -2.37. The number of amides is 1. The summed E-state index contributed by atoms with van der Waals surface area (Å²) in [6.45, 7) is 0.646. The smallest absolute Gasteiger partial charge is 0.261 e. The molecule has 0 aromatic heterocycles. The largest absolute Gasteiger partial charge is 0.496 e. The van der Waals surface area contributed by atoms with Gasteiger partial charge in [0.05, 0.1) is 12.7 Å². The monoisotopic (exact) mass is 570 g/mol. The second kappa shape index (κ2) is 11.4. The van der Waals surface area contributed by atoms with Gasteiger partial charge >= 0.3 is 0 Å². The number of nitrogens with zero attached hydrogens (tertiary/aromatic N) is 2. The molecule has 1 amide bonds. The fourth-order valence-corrected chi connectivity index (χ4v) is 4.39. The van der Waals surface area contributed by atoms with Crippen LogP contribution in [0.25, 0.3) is 0 Å². The summed E-state index contributed by atoms with van der Waals surface area (Å²) < 4.78 is 74.0. The van der Waals surface area contributed by atoms with Gasteiger partial charge in [0.1, 0.15) is 11.4 Å². The van der Waals surface area contributed by atoms with Crippen molar-refractivity contribution in [1.29, 1.82) is 0 Å². The van der Waals surface area contributed by atoms with Crippen molar-refractivity contribution in [2.75, 3.05) is 48.4 Å². The van der Waals surface area contributed by atoms with Crippen LogP contribution in [-0.2, 0) is 0 Å². The maximum atomic E-state index is 14.2. The third kappa shape index (κ3) is 5.60. The van der Waals surface area contributed by atoms with Crippen LogP contribution in [0, 0.1) is 29.1 Å². The minimum absolute atomic E-state index is 0.0428. The number of rotatable bonds is 5. The number of carbonyl (C=O) groups is 1. The van der Waals surface area contributed by atoms with Crippen molar-refractivity contribution in [2.24, 2.45) is 0 Å². The molecule has 1 saturated heterocycles. The van der Waals surface area contributed by atoms with E-state index in [0.717, 1.165) is 10.6 Å². The summed E-state index contributed by atoms with van der Waals surface area (Å²) in [6.07, 6.45) is 0. The van der Waals surface area contributed by atoms with E-state index >= 15 is 0 Å². The van der Waals surface area contributed by atoms with Crippen LogP contribution in [0.1, 0.15) is 10.4 Å². The van der Waals surface area contributed by atoms with Gasteiger partial charge in [-0.05, 0) is 54.7 Å². The SMILES string of the molecule is COc1ccc(Cl)cc1C(=O)NC(=S)Nc1ccc(N2CCN(c3c(F)c(F)c(F)c(F)c3F)CC2)cc1. The van der Waals surface area contributed by atoms with E-state index in [2.05, 4.69) is 10.6 Å². The number of piperazine rings is 1. The van der Waals surface area contributed by atoms with E-state index in [-0.39, 0.29) is 36.9 Å². The Labute approximate surface area is 224 Å². The van der Waals surface area contributed by atoms with Gasteiger partial charge in [-0.1, -0.05) is 11.6 Å². The second-order valence-electron chi connectivity index (χ2n) is 8.19. The van der Waals surface area contributed by atoms with Crippen molar-refractivity contribution in [1.82, 2.24) is 5.32 Å². The Morgan fingerprint density at radius 3 is 2.00 bits per heavy atom. The molecule has 1 aliphatic heterocycles. The maximum absolute atomic E-state index is 14.2. The average Bonchev–Trinajstić information content (AvgIpc) is 2.91. The normalized spacial score (nSPS) is 13.3. The molecule has 0 saturated carbocycles. The number of anilines is 3. The second-order valence-corrected chi connectivity index (χ2v) is 9.04. The predicted molar refractivity (Wildman–Crippen MR) is 139 cm³/mol.